The summed E-state index contributed by atoms with van der Waals surface area (Å²) >= 11 is 13.6. The number of carbonyl (C=O) groups excluding carboxylic acids is 1. The van der Waals surface area contributed by atoms with Gasteiger partial charge in [-0.15, -0.1) is 11.3 Å². The van der Waals surface area contributed by atoms with E-state index in [9.17, 15) is 4.79 Å². The van der Waals surface area contributed by atoms with Crippen LogP contribution in [0.5, 0.6) is 0 Å². The van der Waals surface area contributed by atoms with Gasteiger partial charge < -0.3 is 10.2 Å². The molecule has 1 heterocycles. The van der Waals surface area contributed by atoms with Crippen molar-refractivity contribution >= 4 is 40.4 Å². The fourth-order valence-electron chi connectivity index (χ4n) is 2.04. The van der Waals surface area contributed by atoms with Gasteiger partial charge in [-0.05, 0) is 37.2 Å². The third-order valence-corrected chi connectivity index (χ3v) is 4.85. The van der Waals surface area contributed by atoms with Crippen LogP contribution in [-0.2, 0) is 0 Å². The molecule has 0 saturated heterocycles. The molecule has 0 radical (unpaired) electrons. The minimum atomic E-state index is -0.158. The molecule has 1 unspecified atom stereocenters. The number of halogens is 2. The lowest BCUT2D eigenvalue weighted by atomic mass is 10.1. The molecule has 2 aromatic rings. The molecule has 0 fully saturated rings. The van der Waals surface area contributed by atoms with Crippen LogP contribution in [0.4, 0.5) is 0 Å². The maximum Gasteiger partial charge on any atom is 0.262 e. The fourth-order valence-corrected chi connectivity index (χ4v) is 3.36. The quantitative estimate of drug-likeness (QED) is 0.887. The molecular formula is C15H16Cl2N2OS. The zero-order valence-corrected chi connectivity index (χ0v) is 14.1. The van der Waals surface area contributed by atoms with Gasteiger partial charge in [0.2, 0.25) is 0 Å². The molecule has 1 amide bonds. The van der Waals surface area contributed by atoms with Crippen molar-refractivity contribution in [2.75, 3.05) is 20.6 Å². The second kappa shape index (κ2) is 7.27. The van der Waals surface area contributed by atoms with E-state index in [2.05, 4.69) is 5.32 Å². The number of hydrogen-bond donors (Lipinski definition) is 1. The highest BCUT2D eigenvalue weighted by Crippen LogP contribution is 2.26. The minimum Gasteiger partial charge on any atom is -0.349 e. The van der Waals surface area contributed by atoms with Crippen LogP contribution < -0.4 is 5.32 Å². The van der Waals surface area contributed by atoms with Crippen LogP contribution >= 0.6 is 34.5 Å². The van der Waals surface area contributed by atoms with Crippen molar-refractivity contribution < 1.29 is 4.79 Å². The average Bonchev–Trinajstić information content (AvgIpc) is 2.86. The Kier molecular flexibility index (Phi) is 5.65. The summed E-state index contributed by atoms with van der Waals surface area (Å²) in [6, 6.07) is 9.38. The normalized spacial score (nSPS) is 12.4. The predicted octanol–water partition coefficient (Wildman–Crippen LogP) is 4.09. The van der Waals surface area contributed by atoms with Crippen molar-refractivity contribution in [1.29, 1.82) is 0 Å². The summed E-state index contributed by atoms with van der Waals surface area (Å²) in [5.41, 5.74) is 0.988. The van der Waals surface area contributed by atoms with E-state index in [4.69, 9.17) is 23.2 Å². The molecular weight excluding hydrogens is 327 g/mol. The number of thiophene rings is 1. The topological polar surface area (TPSA) is 32.3 Å². The summed E-state index contributed by atoms with van der Waals surface area (Å²) in [6.07, 6.45) is 0. The highest BCUT2D eigenvalue weighted by Gasteiger charge is 2.19. The van der Waals surface area contributed by atoms with Crippen LogP contribution in [0, 0.1) is 0 Å². The van der Waals surface area contributed by atoms with E-state index in [0.29, 0.717) is 21.5 Å². The van der Waals surface area contributed by atoms with Crippen LogP contribution in [-0.4, -0.2) is 31.4 Å². The highest BCUT2D eigenvalue weighted by atomic mass is 35.5. The Morgan fingerprint density at radius 3 is 2.52 bits per heavy atom. The van der Waals surface area contributed by atoms with Crippen LogP contribution in [0.15, 0.2) is 35.7 Å². The van der Waals surface area contributed by atoms with E-state index in [1.807, 2.05) is 43.3 Å². The lowest BCUT2D eigenvalue weighted by Gasteiger charge is -2.25. The monoisotopic (exact) mass is 342 g/mol. The molecule has 0 spiro atoms. The van der Waals surface area contributed by atoms with Crippen molar-refractivity contribution in [3.05, 3.63) is 56.2 Å². The molecule has 2 rings (SSSR count). The molecule has 0 aliphatic carbocycles. The Balaban J connectivity index is 2.10. The fraction of sp³-hybridized carbons (Fsp3) is 0.267. The number of carbonyl (C=O) groups is 1. The van der Waals surface area contributed by atoms with Crippen molar-refractivity contribution in [3.8, 4) is 0 Å². The number of nitrogens with zero attached hydrogens (tertiary/aromatic N) is 1. The number of nitrogens with one attached hydrogen (secondary N) is 1. The summed E-state index contributed by atoms with van der Waals surface area (Å²) in [7, 11) is 3.91. The summed E-state index contributed by atoms with van der Waals surface area (Å²) in [4.78, 5) is 14.7. The SMILES string of the molecule is CN(C)C(CNC(=O)c1sccc1Cl)c1ccccc1Cl. The molecule has 1 aromatic carbocycles. The van der Waals surface area contributed by atoms with Crippen LogP contribution in [0.1, 0.15) is 21.3 Å². The summed E-state index contributed by atoms with van der Waals surface area (Å²) in [5, 5.41) is 5.90. The van der Waals surface area contributed by atoms with Gasteiger partial charge in [-0.2, -0.15) is 0 Å². The van der Waals surface area contributed by atoms with Gasteiger partial charge in [-0.25, -0.2) is 0 Å². The summed E-state index contributed by atoms with van der Waals surface area (Å²) in [5.74, 6) is -0.158. The van der Waals surface area contributed by atoms with Crippen molar-refractivity contribution in [3.63, 3.8) is 0 Å². The third kappa shape index (κ3) is 3.98. The molecule has 6 heteroatoms. The number of benzene rings is 1. The van der Waals surface area contributed by atoms with E-state index < -0.39 is 0 Å². The first-order valence-electron chi connectivity index (χ1n) is 6.42. The second-order valence-corrected chi connectivity index (χ2v) is 6.54. The van der Waals surface area contributed by atoms with Gasteiger partial charge in [0.15, 0.2) is 0 Å². The van der Waals surface area contributed by atoms with Gasteiger partial charge in [0.1, 0.15) is 4.88 Å². The van der Waals surface area contributed by atoms with Gasteiger partial charge in [0, 0.05) is 11.6 Å². The van der Waals surface area contributed by atoms with E-state index in [1.165, 1.54) is 11.3 Å². The van der Waals surface area contributed by atoms with Crippen molar-refractivity contribution in [2.24, 2.45) is 0 Å². The first-order chi connectivity index (χ1) is 10.0. The van der Waals surface area contributed by atoms with Crippen molar-refractivity contribution in [2.45, 2.75) is 6.04 Å². The molecule has 0 saturated carbocycles. The smallest absolute Gasteiger partial charge is 0.262 e. The highest BCUT2D eigenvalue weighted by molar-refractivity contribution is 7.12. The molecule has 1 atom stereocenters. The Hall–Kier alpha value is -1.07. The van der Waals surface area contributed by atoms with Gasteiger partial charge in [-0.1, -0.05) is 41.4 Å². The van der Waals surface area contributed by atoms with Crippen LogP contribution in [0.2, 0.25) is 10.0 Å². The Morgan fingerprint density at radius 1 is 1.24 bits per heavy atom. The third-order valence-electron chi connectivity index (χ3n) is 3.17. The Bertz CT molecular complexity index is 628. The van der Waals surface area contributed by atoms with E-state index in [1.54, 1.807) is 11.4 Å². The number of rotatable bonds is 5. The van der Waals surface area contributed by atoms with Gasteiger partial charge in [0.05, 0.1) is 11.1 Å². The maximum atomic E-state index is 12.1. The van der Waals surface area contributed by atoms with Crippen LogP contribution in [0.3, 0.4) is 0 Å². The van der Waals surface area contributed by atoms with E-state index in [-0.39, 0.29) is 11.9 Å². The Labute approximate surface area is 138 Å². The van der Waals surface area contributed by atoms with E-state index >= 15 is 0 Å². The molecule has 3 nitrogen and oxygen atoms in total. The average molecular weight is 343 g/mol. The first-order valence-corrected chi connectivity index (χ1v) is 8.06. The van der Waals surface area contributed by atoms with Gasteiger partial charge in [0.25, 0.3) is 5.91 Å². The number of likely N-dealkylation sites (N-methyl/N-ethyl adjacent to an activating group) is 1. The first kappa shape index (κ1) is 16.3. The summed E-state index contributed by atoms with van der Waals surface area (Å²) in [6.45, 7) is 0.462. The molecule has 0 bridgehead atoms. The largest absolute Gasteiger partial charge is 0.349 e. The minimum absolute atomic E-state index is 0.00128. The summed E-state index contributed by atoms with van der Waals surface area (Å²) < 4.78 is 0. The maximum absolute atomic E-state index is 12.1. The molecule has 21 heavy (non-hydrogen) atoms. The Morgan fingerprint density at radius 2 is 1.95 bits per heavy atom. The van der Waals surface area contributed by atoms with Crippen molar-refractivity contribution in [1.82, 2.24) is 10.2 Å². The molecule has 1 N–H and O–H groups in total. The lowest BCUT2D eigenvalue weighted by Crippen LogP contribution is -2.34. The zero-order chi connectivity index (χ0) is 15.4. The lowest BCUT2D eigenvalue weighted by molar-refractivity contribution is 0.0946. The van der Waals surface area contributed by atoms with Gasteiger partial charge >= 0.3 is 0 Å². The number of amides is 1. The van der Waals surface area contributed by atoms with Gasteiger partial charge in [-0.3, -0.25) is 4.79 Å². The number of hydrogen-bond acceptors (Lipinski definition) is 3. The zero-order valence-electron chi connectivity index (χ0n) is 11.8. The standard InChI is InChI=1S/C15H16Cl2N2OS/c1-19(2)13(10-5-3-4-6-11(10)16)9-18-15(20)14-12(17)7-8-21-14/h3-8,13H,9H2,1-2H3,(H,18,20). The van der Waals surface area contributed by atoms with E-state index in [0.717, 1.165) is 5.56 Å². The second-order valence-electron chi connectivity index (χ2n) is 4.81. The molecule has 1 aromatic heterocycles. The molecule has 0 aliphatic heterocycles. The van der Waals surface area contributed by atoms with Crippen LogP contribution in [0.25, 0.3) is 0 Å². The molecule has 112 valence electrons. The predicted molar refractivity (Wildman–Crippen MR) is 89.5 cm³/mol. The molecule has 0 aliphatic rings.